The van der Waals surface area contributed by atoms with Gasteiger partial charge < -0.3 is 10.4 Å². The zero-order chi connectivity index (χ0) is 11.2. The van der Waals surface area contributed by atoms with Crippen molar-refractivity contribution in [1.29, 1.82) is 0 Å². The van der Waals surface area contributed by atoms with Crippen molar-refractivity contribution in [2.75, 3.05) is 13.1 Å². The molecule has 0 bridgehead atoms. The molecule has 0 atom stereocenters. The highest BCUT2D eigenvalue weighted by atomic mass is 16.3. The van der Waals surface area contributed by atoms with E-state index in [1.165, 1.54) is 5.56 Å². The molecule has 1 saturated carbocycles. The first-order valence-electron chi connectivity index (χ1n) is 5.95. The second-order valence-electron chi connectivity index (χ2n) is 4.46. The smallest absolute Gasteiger partial charge is 0.0546 e. The molecule has 1 aromatic carbocycles. The normalized spacial score (nSPS) is 24.6. The molecule has 1 aromatic rings. The Bertz CT molecular complexity index is 328. The molecule has 2 heteroatoms. The molecule has 86 valence electrons. The van der Waals surface area contributed by atoms with E-state index in [4.69, 9.17) is 5.11 Å². The Labute approximate surface area is 97.0 Å². The quantitative estimate of drug-likeness (QED) is 0.740. The number of hydrogen-bond donors (Lipinski definition) is 2. The predicted octanol–water partition coefficient (Wildman–Crippen LogP) is 2.06. The van der Waals surface area contributed by atoms with Gasteiger partial charge in [-0.25, -0.2) is 0 Å². The molecule has 16 heavy (non-hydrogen) atoms. The van der Waals surface area contributed by atoms with Crippen LogP contribution in [-0.4, -0.2) is 24.3 Å². The average molecular weight is 217 g/mol. The Morgan fingerprint density at radius 1 is 1.25 bits per heavy atom. The van der Waals surface area contributed by atoms with Crippen LogP contribution in [0.3, 0.4) is 0 Å². The first-order valence-corrected chi connectivity index (χ1v) is 5.95. The predicted molar refractivity (Wildman–Crippen MR) is 67.1 cm³/mol. The van der Waals surface area contributed by atoms with Crippen molar-refractivity contribution in [3.8, 4) is 0 Å². The van der Waals surface area contributed by atoms with Crippen LogP contribution in [0.4, 0.5) is 0 Å². The fraction of sp³-hybridized carbons (Fsp3) is 0.429. The van der Waals surface area contributed by atoms with E-state index in [2.05, 4.69) is 29.6 Å². The van der Waals surface area contributed by atoms with E-state index in [9.17, 15) is 0 Å². The van der Waals surface area contributed by atoms with Gasteiger partial charge in [-0.15, -0.1) is 0 Å². The van der Waals surface area contributed by atoms with Gasteiger partial charge in [-0.1, -0.05) is 42.5 Å². The lowest BCUT2D eigenvalue weighted by atomic mass is 9.82. The lowest BCUT2D eigenvalue weighted by Crippen LogP contribution is -2.36. The SMILES string of the molecule is OC1CC(CNCC=Cc2ccccc2)C1. The highest BCUT2D eigenvalue weighted by Crippen LogP contribution is 2.25. The third kappa shape index (κ3) is 3.47. The van der Waals surface area contributed by atoms with Gasteiger partial charge in [0.05, 0.1) is 6.10 Å². The first kappa shape index (κ1) is 11.4. The van der Waals surface area contributed by atoms with Crippen molar-refractivity contribution in [1.82, 2.24) is 5.32 Å². The Morgan fingerprint density at radius 2 is 2.00 bits per heavy atom. The molecule has 0 aromatic heterocycles. The number of aliphatic hydroxyl groups is 1. The van der Waals surface area contributed by atoms with Crippen molar-refractivity contribution >= 4 is 6.08 Å². The lowest BCUT2D eigenvalue weighted by molar-refractivity contribution is 0.0435. The van der Waals surface area contributed by atoms with Gasteiger partial charge in [0.25, 0.3) is 0 Å². The number of rotatable bonds is 5. The van der Waals surface area contributed by atoms with Crippen LogP contribution in [0.5, 0.6) is 0 Å². The average Bonchev–Trinajstić information content (AvgIpc) is 2.27. The van der Waals surface area contributed by atoms with Crippen LogP contribution in [0.1, 0.15) is 18.4 Å². The maximum atomic E-state index is 9.13. The van der Waals surface area contributed by atoms with Gasteiger partial charge in [0.15, 0.2) is 0 Å². The van der Waals surface area contributed by atoms with E-state index >= 15 is 0 Å². The Balaban J connectivity index is 1.59. The van der Waals surface area contributed by atoms with Gasteiger partial charge in [0, 0.05) is 6.54 Å². The van der Waals surface area contributed by atoms with Crippen LogP contribution in [0, 0.1) is 5.92 Å². The Morgan fingerprint density at radius 3 is 2.69 bits per heavy atom. The maximum Gasteiger partial charge on any atom is 0.0546 e. The molecule has 0 amide bonds. The van der Waals surface area contributed by atoms with E-state index in [1.54, 1.807) is 0 Å². The standard InChI is InChI=1S/C14H19NO/c16-14-9-13(10-14)11-15-8-4-7-12-5-2-1-3-6-12/h1-7,13-16H,8-11H2. The summed E-state index contributed by atoms with van der Waals surface area (Å²) in [6, 6.07) is 10.3. The minimum absolute atomic E-state index is 0.0355. The molecule has 2 rings (SSSR count). The van der Waals surface area contributed by atoms with Crippen molar-refractivity contribution < 1.29 is 5.11 Å². The molecule has 0 heterocycles. The molecule has 0 radical (unpaired) electrons. The Hall–Kier alpha value is -1.12. The zero-order valence-corrected chi connectivity index (χ0v) is 9.47. The second kappa shape index (κ2) is 5.83. The van der Waals surface area contributed by atoms with Crippen LogP contribution in [0.15, 0.2) is 36.4 Å². The largest absolute Gasteiger partial charge is 0.393 e. The maximum absolute atomic E-state index is 9.13. The molecule has 0 unspecified atom stereocenters. The van der Waals surface area contributed by atoms with Gasteiger partial charge >= 0.3 is 0 Å². The van der Waals surface area contributed by atoms with Gasteiger partial charge in [-0.2, -0.15) is 0 Å². The molecule has 2 nitrogen and oxygen atoms in total. The van der Waals surface area contributed by atoms with Crippen LogP contribution in [-0.2, 0) is 0 Å². The molecule has 1 aliphatic rings. The first-order chi connectivity index (χ1) is 7.84. The van der Waals surface area contributed by atoms with Crippen LogP contribution in [0.2, 0.25) is 0 Å². The van der Waals surface area contributed by atoms with E-state index < -0.39 is 0 Å². The van der Waals surface area contributed by atoms with Crippen LogP contribution < -0.4 is 5.32 Å². The molecule has 0 spiro atoms. The molecule has 2 N–H and O–H groups in total. The topological polar surface area (TPSA) is 32.3 Å². The summed E-state index contributed by atoms with van der Waals surface area (Å²) in [5, 5.41) is 12.5. The van der Waals surface area contributed by atoms with E-state index in [0.717, 1.165) is 25.9 Å². The third-order valence-corrected chi connectivity index (χ3v) is 3.02. The number of nitrogens with one attached hydrogen (secondary N) is 1. The molecular formula is C14H19NO. The van der Waals surface area contributed by atoms with E-state index in [0.29, 0.717) is 5.92 Å². The van der Waals surface area contributed by atoms with Gasteiger partial charge in [0.2, 0.25) is 0 Å². The summed E-state index contributed by atoms with van der Waals surface area (Å²) in [7, 11) is 0. The molecule has 0 aliphatic heterocycles. The summed E-state index contributed by atoms with van der Waals surface area (Å²) in [5.41, 5.74) is 1.24. The highest BCUT2D eigenvalue weighted by molar-refractivity contribution is 5.48. The summed E-state index contributed by atoms with van der Waals surface area (Å²) in [5.74, 6) is 0.681. The highest BCUT2D eigenvalue weighted by Gasteiger charge is 2.25. The molecule has 1 aliphatic carbocycles. The van der Waals surface area contributed by atoms with Gasteiger partial charge in [0.1, 0.15) is 0 Å². The van der Waals surface area contributed by atoms with Gasteiger partial charge in [-0.3, -0.25) is 0 Å². The van der Waals surface area contributed by atoms with Crippen LogP contribution >= 0.6 is 0 Å². The summed E-state index contributed by atoms with van der Waals surface area (Å²) < 4.78 is 0. The molecule has 0 saturated heterocycles. The summed E-state index contributed by atoms with van der Waals surface area (Å²) >= 11 is 0. The molecular weight excluding hydrogens is 198 g/mol. The van der Waals surface area contributed by atoms with Crippen molar-refractivity contribution in [2.45, 2.75) is 18.9 Å². The number of aliphatic hydroxyl groups excluding tert-OH is 1. The summed E-state index contributed by atoms with van der Waals surface area (Å²) in [6.07, 6.45) is 6.17. The minimum Gasteiger partial charge on any atom is -0.393 e. The monoisotopic (exact) mass is 217 g/mol. The number of benzene rings is 1. The van der Waals surface area contributed by atoms with Crippen molar-refractivity contribution in [3.63, 3.8) is 0 Å². The lowest BCUT2D eigenvalue weighted by Gasteiger charge is -2.31. The van der Waals surface area contributed by atoms with Crippen LogP contribution in [0.25, 0.3) is 6.08 Å². The Kier molecular flexibility index (Phi) is 4.14. The summed E-state index contributed by atoms with van der Waals surface area (Å²) in [6.45, 7) is 1.93. The summed E-state index contributed by atoms with van der Waals surface area (Å²) in [4.78, 5) is 0. The fourth-order valence-corrected chi connectivity index (χ4v) is 2.00. The van der Waals surface area contributed by atoms with Crippen molar-refractivity contribution in [3.05, 3.63) is 42.0 Å². The minimum atomic E-state index is -0.0355. The molecule has 1 fully saturated rings. The second-order valence-corrected chi connectivity index (χ2v) is 4.46. The fourth-order valence-electron chi connectivity index (χ4n) is 2.00. The zero-order valence-electron chi connectivity index (χ0n) is 9.47. The van der Waals surface area contributed by atoms with Gasteiger partial charge in [-0.05, 0) is 30.9 Å². The number of hydrogen-bond acceptors (Lipinski definition) is 2. The van der Waals surface area contributed by atoms with Crippen molar-refractivity contribution in [2.24, 2.45) is 5.92 Å². The third-order valence-electron chi connectivity index (χ3n) is 3.02. The van der Waals surface area contributed by atoms with E-state index in [-0.39, 0.29) is 6.10 Å². The van der Waals surface area contributed by atoms with E-state index in [1.807, 2.05) is 18.2 Å².